The van der Waals surface area contributed by atoms with E-state index in [9.17, 15) is 5.11 Å². The van der Waals surface area contributed by atoms with E-state index in [0.717, 1.165) is 16.8 Å². The van der Waals surface area contributed by atoms with Gasteiger partial charge >= 0.3 is 0 Å². The summed E-state index contributed by atoms with van der Waals surface area (Å²) in [6.45, 7) is 3.56. The van der Waals surface area contributed by atoms with Gasteiger partial charge in [0.15, 0.2) is 0 Å². The maximum Gasteiger partial charge on any atom is 0.0847 e. The van der Waals surface area contributed by atoms with Crippen molar-refractivity contribution < 1.29 is 5.11 Å². The van der Waals surface area contributed by atoms with Crippen LogP contribution >= 0.6 is 0 Å². The van der Waals surface area contributed by atoms with E-state index in [4.69, 9.17) is 0 Å². The predicted molar refractivity (Wildman–Crippen MR) is 59.3 cm³/mol. The van der Waals surface area contributed by atoms with Gasteiger partial charge in [-0.2, -0.15) is 5.10 Å². The molecular formula is C12H14N2O. The van der Waals surface area contributed by atoms with Gasteiger partial charge in [-0.05, 0) is 25.5 Å². The third-order valence-corrected chi connectivity index (χ3v) is 2.38. The van der Waals surface area contributed by atoms with Crippen LogP contribution in [0, 0.1) is 0 Å². The second kappa shape index (κ2) is 3.51. The highest BCUT2D eigenvalue weighted by Crippen LogP contribution is 2.29. The quantitative estimate of drug-likeness (QED) is 0.785. The lowest BCUT2D eigenvalue weighted by molar-refractivity contribution is 0.0792. The number of nitrogens with one attached hydrogen (secondary N) is 1. The van der Waals surface area contributed by atoms with Gasteiger partial charge in [0, 0.05) is 11.8 Å². The molecule has 0 aliphatic carbocycles. The van der Waals surface area contributed by atoms with E-state index in [1.807, 2.05) is 30.3 Å². The van der Waals surface area contributed by atoms with Crippen molar-refractivity contribution in [2.45, 2.75) is 19.4 Å². The average Bonchev–Trinajstić information content (AvgIpc) is 2.69. The summed E-state index contributed by atoms with van der Waals surface area (Å²) in [5.41, 5.74) is 1.96. The molecule has 0 radical (unpaired) electrons. The zero-order chi connectivity index (χ0) is 10.9. The normalized spacial score (nSPS) is 11.7. The van der Waals surface area contributed by atoms with Gasteiger partial charge in [-0.3, -0.25) is 5.10 Å². The number of aromatic amines is 1. The summed E-state index contributed by atoms with van der Waals surface area (Å²) in [5.74, 6) is 0. The molecular weight excluding hydrogens is 188 g/mol. The Labute approximate surface area is 88.8 Å². The van der Waals surface area contributed by atoms with E-state index < -0.39 is 5.60 Å². The van der Waals surface area contributed by atoms with Crippen LogP contribution in [-0.4, -0.2) is 15.3 Å². The topological polar surface area (TPSA) is 48.9 Å². The largest absolute Gasteiger partial charge is 0.386 e. The Morgan fingerprint density at radius 1 is 1.20 bits per heavy atom. The Kier molecular flexibility index (Phi) is 2.32. The fourth-order valence-electron chi connectivity index (χ4n) is 1.66. The van der Waals surface area contributed by atoms with E-state index in [0.29, 0.717) is 0 Å². The molecule has 2 rings (SSSR count). The van der Waals surface area contributed by atoms with Crippen LogP contribution in [0.3, 0.4) is 0 Å². The lowest BCUT2D eigenvalue weighted by Crippen LogP contribution is -2.16. The summed E-state index contributed by atoms with van der Waals surface area (Å²) in [4.78, 5) is 0. The second-order valence-corrected chi connectivity index (χ2v) is 4.07. The van der Waals surface area contributed by atoms with E-state index in [1.165, 1.54) is 0 Å². The Balaban J connectivity index is 2.58. The second-order valence-electron chi connectivity index (χ2n) is 4.07. The van der Waals surface area contributed by atoms with Crippen molar-refractivity contribution in [2.24, 2.45) is 0 Å². The fraction of sp³-hybridized carbons (Fsp3) is 0.250. The van der Waals surface area contributed by atoms with Crippen LogP contribution in [0.5, 0.6) is 0 Å². The number of hydrogen-bond acceptors (Lipinski definition) is 2. The molecule has 2 aromatic rings. The van der Waals surface area contributed by atoms with E-state index in [-0.39, 0.29) is 0 Å². The van der Waals surface area contributed by atoms with Gasteiger partial charge in [0.2, 0.25) is 0 Å². The van der Waals surface area contributed by atoms with Crippen molar-refractivity contribution in [3.63, 3.8) is 0 Å². The SMILES string of the molecule is CC(C)(O)c1ccccc1-c1ccn[nH]1. The van der Waals surface area contributed by atoms with Crippen LogP contribution in [0.15, 0.2) is 36.5 Å². The Bertz CT molecular complexity index is 441. The van der Waals surface area contributed by atoms with Crippen LogP contribution in [-0.2, 0) is 5.60 Å². The van der Waals surface area contributed by atoms with Gasteiger partial charge in [-0.1, -0.05) is 24.3 Å². The first-order valence-electron chi connectivity index (χ1n) is 4.90. The monoisotopic (exact) mass is 202 g/mol. The third-order valence-electron chi connectivity index (χ3n) is 2.38. The molecule has 0 saturated carbocycles. The van der Waals surface area contributed by atoms with Crippen LogP contribution < -0.4 is 0 Å². The molecule has 0 fully saturated rings. The first-order valence-corrected chi connectivity index (χ1v) is 4.90. The molecule has 0 amide bonds. The maximum absolute atomic E-state index is 10.0. The molecule has 0 bridgehead atoms. The van der Waals surface area contributed by atoms with Gasteiger partial charge in [-0.15, -0.1) is 0 Å². The van der Waals surface area contributed by atoms with Crippen LogP contribution in [0.2, 0.25) is 0 Å². The summed E-state index contributed by atoms with van der Waals surface area (Å²) in [6.07, 6.45) is 1.70. The molecule has 3 heteroatoms. The molecule has 78 valence electrons. The molecule has 0 spiro atoms. The van der Waals surface area contributed by atoms with Gasteiger partial charge < -0.3 is 5.11 Å². The van der Waals surface area contributed by atoms with Gasteiger partial charge in [0.25, 0.3) is 0 Å². The Hall–Kier alpha value is -1.61. The number of rotatable bonds is 2. The molecule has 1 aromatic carbocycles. The fourth-order valence-corrected chi connectivity index (χ4v) is 1.66. The smallest absolute Gasteiger partial charge is 0.0847 e. The number of benzene rings is 1. The summed E-state index contributed by atoms with van der Waals surface area (Å²) >= 11 is 0. The summed E-state index contributed by atoms with van der Waals surface area (Å²) in [7, 11) is 0. The molecule has 1 heterocycles. The molecule has 0 saturated heterocycles. The first kappa shape index (κ1) is 9.93. The maximum atomic E-state index is 10.0. The molecule has 2 N–H and O–H groups in total. The van der Waals surface area contributed by atoms with Crippen molar-refractivity contribution in [3.8, 4) is 11.3 Å². The minimum atomic E-state index is -0.846. The van der Waals surface area contributed by atoms with Gasteiger partial charge in [0.05, 0.1) is 11.3 Å². The van der Waals surface area contributed by atoms with Crippen molar-refractivity contribution in [3.05, 3.63) is 42.1 Å². The third kappa shape index (κ3) is 1.92. The minimum absolute atomic E-state index is 0.846. The summed E-state index contributed by atoms with van der Waals surface area (Å²) in [5, 5.41) is 16.9. The van der Waals surface area contributed by atoms with Crippen molar-refractivity contribution >= 4 is 0 Å². The van der Waals surface area contributed by atoms with Crippen LogP contribution in [0.25, 0.3) is 11.3 Å². The van der Waals surface area contributed by atoms with E-state index >= 15 is 0 Å². The molecule has 15 heavy (non-hydrogen) atoms. The zero-order valence-electron chi connectivity index (χ0n) is 8.86. The number of H-pyrrole nitrogens is 1. The highest BCUT2D eigenvalue weighted by Gasteiger charge is 2.20. The Morgan fingerprint density at radius 2 is 1.93 bits per heavy atom. The number of aliphatic hydroxyl groups is 1. The molecule has 3 nitrogen and oxygen atoms in total. The zero-order valence-corrected chi connectivity index (χ0v) is 8.86. The summed E-state index contributed by atoms with van der Waals surface area (Å²) in [6, 6.07) is 9.67. The molecule has 0 unspecified atom stereocenters. The molecule has 0 aliphatic heterocycles. The summed E-state index contributed by atoms with van der Waals surface area (Å²) < 4.78 is 0. The van der Waals surface area contributed by atoms with Crippen LogP contribution in [0.1, 0.15) is 19.4 Å². The molecule has 1 aromatic heterocycles. The number of hydrogen-bond donors (Lipinski definition) is 2. The number of aromatic nitrogens is 2. The number of nitrogens with zero attached hydrogens (tertiary/aromatic N) is 1. The van der Waals surface area contributed by atoms with Gasteiger partial charge in [-0.25, -0.2) is 0 Å². The van der Waals surface area contributed by atoms with Crippen molar-refractivity contribution in [1.29, 1.82) is 0 Å². The van der Waals surface area contributed by atoms with Crippen molar-refractivity contribution in [1.82, 2.24) is 10.2 Å². The predicted octanol–water partition coefficient (Wildman–Crippen LogP) is 2.30. The highest BCUT2D eigenvalue weighted by atomic mass is 16.3. The van der Waals surface area contributed by atoms with Crippen molar-refractivity contribution in [2.75, 3.05) is 0 Å². The average molecular weight is 202 g/mol. The molecule has 0 atom stereocenters. The van der Waals surface area contributed by atoms with E-state index in [2.05, 4.69) is 10.2 Å². The highest BCUT2D eigenvalue weighted by molar-refractivity contribution is 5.64. The van der Waals surface area contributed by atoms with Crippen LogP contribution in [0.4, 0.5) is 0 Å². The minimum Gasteiger partial charge on any atom is -0.386 e. The lowest BCUT2D eigenvalue weighted by Gasteiger charge is -2.20. The van der Waals surface area contributed by atoms with Gasteiger partial charge in [0.1, 0.15) is 0 Å². The first-order chi connectivity index (χ1) is 7.09. The Morgan fingerprint density at radius 3 is 2.53 bits per heavy atom. The van der Waals surface area contributed by atoms with E-state index in [1.54, 1.807) is 20.0 Å². The molecule has 0 aliphatic rings. The standard InChI is InChI=1S/C12H14N2O/c1-12(2,15)10-6-4-3-5-9(10)11-7-8-13-14-11/h3-8,15H,1-2H3,(H,13,14). The lowest BCUT2D eigenvalue weighted by atomic mass is 9.92.